The molecule has 5 heteroatoms. The van der Waals surface area contributed by atoms with Crippen molar-refractivity contribution in [1.29, 1.82) is 0 Å². The zero-order valence-corrected chi connectivity index (χ0v) is 14.4. The molecular weight excluding hydrogens is 304 g/mol. The second kappa shape index (κ2) is 6.40. The maximum absolute atomic E-state index is 12.6. The molecule has 0 saturated carbocycles. The Hall–Kier alpha value is -2.14. The van der Waals surface area contributed by atoms with E-state index in [2.05, 4.69) is 10.5 Å². The zero-order valence-electron chi connectivity index (χ0n) is 14.4. The standard InChI is InChI=1S/C19H24N2O3/c1-12(17-13(2)21-24-14(17)3)18(22)20-11-19(23)10-6-8-15-7-4-5-9-16(15)19/h4-5,7,9,12,23H,6,8,10-11H2,1-3H3,(H,20,22). The van der Waals surface area contributed by atoms with E-state index in [0.717, 1.165) is 29.7 Å². The van der Waals surface area contributed by atoms with Crippen molar-refractivity contribution in [3.8, 4) is 0 Å². The van der Waals surface area contributed by atoms with Crippen LogP contribution in [0.5, 0.6) is 0 Å². The Morgan fingerprint density at radius 3 is 2.88 bits per heavy atom. The van der Waals surface area contributed by atoms with E-state index >= 15 is 0 Å². The van der Waals surface area contributed by atoms with Crippen LogP contribution in [0, 0.1) is 13.8 Å². The summed E-state index contributed by atoms with van der Waals surface area (Å²) < 4.78 is 5.15. The van der Waals surface area contributed by atoms with Gasteiger partial charge in [-0.15, -0.1) is 0 Å². The van der Waals surface area contributed by atoms with Crippen LogP contribution in [-0.2, 0) is 16.8 Å². The van der Waals surface area contributed by atoms with Crippen LogP contribution in [-0.4, -0.2) is 22.7 Å². The van der Waals surface area contributed by atoms with Gasteiger partial charge < -0.3 is 14.9 Å². The van der Waals surface area contributed by atoms with Gasteiger partial charge in [-0.2, -0.15) is 0 Å². The first kappa shape index (κ1) is 16.7. The van der Waals surface area contributed by atoms with Gasteiger partial charge in [0.1, 0.15) is 11.4 Å². The number of nitrogens with zero attached hydrogens (tertiary/aromatic N) is 1. The fourth-order valence-corrected chi connectivity index (χ4v) is 3.71. The number of fused-ring (bicyclic) bond motifs is 1. The number of rotatable bonds is 4. The average molecular weight is 328 g/mol. The summed E-state index contributed by atoms with van der Waals surface area (Å²) in [5, 5.41) is 17.9. The number of amides is 1. The molecule has 2 unspecified atom stereocenters. The number of hydrogen-bond acceptors (Lipinski definition) is 4. The lowest BCUT2D eigenvalue weighted by Gasteiger charge is -2.35. The first-order valence-corrected chi connectivity index (χ1v) is 8.43. The second-order valence-corrected chi connectivity index (χ2v) is 6.72. The van der Waals surface area contributed by atoms with Gasteiger partial charge in [-0.3, -0.25) is 4.79 Å². The molecule has 1 amide bonds. The number of nitrogens with one attached hydrogen (secondary N) is 1. The van der Waals surface area contributed by atoms with Gasteiger partial charge in [-0.1, -0.05) is 29.4 Å². The van der Waals surface area contributed by atoms with Crippen LogP contribution < -0.4 is 5.32 Å². The highest BCUT2D eigenvalue weighted by atomic mass is 16.5. The van der Waals surface area contributed by atoms with Gasteiger partial charge >= 0.3 is 0 Å². The predicted octanol–water partition coefficient (Wildman–Crippen LogP) is 2.74. The number of carbonyl (C=O) groups excluding carboxylic acids is 1. The molecule has 5 nitrogen and oxygen atoms in total. The number of aryl methyl sites for hydroxylation is 3. The molecule has 2 aromatic rings. The zero-order chi connectivity index (χ0) is 17.3. The van der Waals surface area contributed by atoms with Crippen LogP contribution >= 0.6 is 0 Å². The van der Waals surface area contributed by atoms with Crippen molar-refractivity contribution >= 4 is 5.91 Å². The summed E-state index contributed by atoms with van der Waals surface area (Å²) >= 11 is 0. The molecule has 2 atom stereocenters. The Balaban J connectivity index is 1.73. The van der Waals surface area contributed by atoms with Crippen molar-refractivity contribution in [3.63, 3.8) is 0 Å². The van der Waals surface area contributed by atoms with E-state index in [4.69, 9.17) is 4.52 Å². The van der Waals surface area contributed by atoms with Gasteiger partial charge in [0.05, 0.1) is 18.2 Å². The topological polar surface area (TPSA) is 75.4 Å². The first-order valence-electron chi connectivity index (χ1n) is 8.43. The molecule has 0 saturated heterocycles. The third-order valence-corrected chi connectivity index (χ3v) is 5.03. The van der Waals surface area contributed by atoms with Gasteiger partial charge in [0.2, 0.25) is 5.91 Å². The molecule has 1 heterocycles. The summed E-state index contributed by atoms with van der Waals surface area (Å²) in [6, 6.07) is 7.93. The Morgan fingerprint density at radius 1 is 1.42 bits per heavy atom. The highest BCUT2D eigenvalue weighted by molar-refractivity contribution is 5.83. The number of benzene rings is 1. The van der Waals surface area contributed by atoms with Crippen LogP contribution in [0.4, 0.5) is 0 Å². The van der Waals surface area contributed by atoms with Gasteiger partial charge in [0.25, 0.3) is 0 Å². The van der Waals surface area contributed by atoms with Crippen molar-refractivity contribution in [2.45, 2.75) is 51.6 Å². The monoisotopic (exact) mass is 328 g/mol. The van der Waals surface area contributed by atoms with Gasteiger partial charge in [0, 0.05) is 5.56 Å². The van der Waals surface area contributed by atoms with E-state index in [1.54, 1.807) is 0 Å². The van der Waals surface area contributed by atoms with Crippen molar-refractivity contribution in [1.82, 2.24) is 10.5 Å². The van der Waals surface area contributed by atoms with E-state index in [1.165, 1.54) is 5.56 Å². The van der Waals surface area contributed by atoms with Crippen molar-refractivity contribution in [2.75, 3.05) is 6.54 Å². The van der Waals surface area contributed by atoms with Crippen LogP contribution in [0.25, 0.3) is 0 Å². The molecule has 1 aliphatic carbocycles. The predicted molar refractivity (Wildman–Crippen MR) is 90.7 cm³/mol. The molecule has 1 aromatic carbocycles. The van der Waals surface area contributed by atoms with Crippen molar-refractivity contribution in [2.24, 2.45) is 0 Å². The van der Waals surface area contributed by atoms with Crippen LogP contribution in [0.3, 0.4) is 0 Å². The molecule has 0 bridgehead atoms. The summed E-state index contributed by atoms with van der Waals surface area (Å²) in [6.07, 6.45) is 2.55. The van der Waals surface area contributed by atoms with Gasteiger partial charge in [0.15, 0.2) is 0 Å². The number of aromatic nitrogens is 1. The van der Waals surface area contributed by atoms with Gasteiger partial charge in [-0.05, 0) is 51.2 Å². The minimum absolute atomic E-state index is 0.124. The van der Waals surface area contributed by atoms with Crippen LogP contribution in [0.15, 0.2) is 28.8 Å². The van der Waals surface area contributed by atoms with Crippen LogP contribution in [0.1, 0.15) is 53.8 Å². The smallest absolute Gasteiger partial charge is 0.227 e. The van der Waals surface area contributed by atoms with Crippen molar-refractivity contribution in [3.05, 3.63) is 52.4 Å². The Morgan fingerprint density at radius 2 is 2.17 bits per heavy atom. The maximum Gasteiger partial charge on any atom is 0.227 e. The Kier molecular flexibility index (Phi) is 4.45. The first-order chi connectivity index (χ1) is 11.4. The number of aliphatic hydroxyl groups is 1. The third kappa shape index (κ3) is 2.96. The Bertz CT molecular complexity index is 733. The highest BCUT2D eigenvalue weighted by Crippen LogP contribution is 2.35. The molecule has 0 spiro atoms. The minimum atomic E-state index is -0.997. The molecular formula is C19H24N2O3. The molecule has 128 valence electrons. The number of hydrogen-bond donors (Lipinski definition) is 2. The fourth-order valence-electron chi connectivity index (χ4n) is 3.71. The van der Waals surface area contributed by atoms with Gasteiger partial charge in [-0.25, -0.2) is 0 Å². The second-order valence-electron chi connectivity index (χ2n) is 6.72. The Labute approximate surface area is 142 Å². The minimum Gasteiger partial charge on any atom is -0.383 e. The summed E-state index contributed by atoms with van der Waals surface area (Å²) in [7, 11) is 0. The largest absolute Gasteiger partial charge is 0.383 e. The summed E-state index contributed by atoms with van der Waals surface area (Å²) in [4.78, 5) is 12.6. The van der Waals surface area contributed by atoms with E-state index in [9.17, 15) is 9.90 Å². The van der Waals surface area contributed by atoms with E-state index in [0.29, 0.717) is 12.2 Å². The summed E-state index contributed by atoms with van der Waals surface area (Å²) in [5.74, 6) is 0.177. The molecule has 0 radical (unpaired) electrons. The molecule has 0 fully saturated rings. The quantitative estimate of drug-likeness (QED) is 0.905. The van der Waals surface area contributed by atoms with Crippen molar-refractivity contribution < 1.29 is 14.4 Å². The lowest BCUT2D eigenvalue weighted by Crippen LogP contribution is -2.44. The normalized spacial score (nSPS) is 21.2. The lowest BCUT2D eigenvalue weighted by molar-refractivity contribution is -0.123. The fraction of sp³-hybridized carbons (Fsp3) is 0.474. The average Bonchev–Trinajstić information content (AvgIpc) is 2.91. The molecule has 24 heavy (non-hydrogen) atoms. The van der Waals surface area contributed by atoms with Crippen LogP contribution in [0.2, 0.25) is 0 Å². The number of carbonyl (C=O) groups is 1. The lowest BCUT2D eigenvalue weighted by atomic mass is 9.79. The highest BCUT2D eigenvalue weighted by Gasteiger charge is 2.35. The molecule has 2 N–H and O–H groups in total. The maximum atomic E-state index is 12.6. The van der Waals surface area contributed by atoms with E-state index in [1.807, 2.05) is 45.0 Å². The third-order valence-electron chi connectivity index (χ3n) is 5.03. The molecule has 1 aromatic heterocycles. The molecule has 1 aliphatic rings. The summed E-state index contributed by atoms with van der Waals surface area (Å²) in [5.41, 5.74) is 2.66. The summed E-state index contributed by atoms with van der Waals surface area (Å²) in [6.45, 7) is 5.70. The SMILES string of the molecule is Cc1noc(C)c1C(C)C(=O)NCC1(O)CCCc2ccccc21. The molecule has 3 rings (SSSR count). The van der Waals surface area contributed by atoms with E-state index < -0.39 is 5.60 Å². The molecule has 0 aliphatic heterocycles. The van der Waals surface area contributed by atoms with E-state index in [-0.39, 0.29) is 18.4 Å².